The van der Waals surface area contributed by atoms with E-state index < -0.39 is 5.97 Å². The highest BCUT2D eigenvalue weighted by Crippen LogP contribution is 2.40. The van der Waals surface area contributed by atoms with E-state index in [2.05, 4.69) is 6.92 Å². The zero-order valence-corrected chi connectivity index (χ0v) is 6.79. The third kappa shape index (κ3) is 2.50. The van der Waals surface area contributed by atoms with Crippen LogP contribution in [0.4, 0.5) is 0 Å². The molecule has 3 atom stereocenters. The fraction of sp³-hybridized carbons (Fsp3) is 0.875. The van der Waals surface area contributed by atoms with Crippen LogP contribution in [0.3, 0.4) is 0 Å². The lowest BCUT2D eigenvalue weighted by Crippen LogP contribution is -2.24. The Balaban J connectivity index is 2.11. The minimum Gasteiger partial charge on any atom is -0.481 e. The van der Waals surface area contributed by atoms with E-state index in [0.717, 1.165) is 5.92 Å². The predicted octanol–water partition coefficient (Wildman–Crippen LogP) is 0.834. The van der Waals surface area contributed by atoms with E-state index in [1.54, 1.807) is 0 Å². The van der Waals surface area contributed by atoms with Crippen LogP contribution in [-0.4, -0.2) is 17.1 Å². The molecule has 0 radical (unpaired) electrons. The van der Waals surface area contributed by atoms with Gasteiger partial charge in [0.25, 0.3) is 0 Å². The van der Waals surface area contributed by atoms with Gasteiger partial charge in [-0.2, -0.15) is 0 Å². The second-order valence-electron chi connectivity index (χ2n) is 3.47. The first-order valence-electron chi connectivity index (χ1n) is 4.08. The summed E-state index contributed by atoms with van der Waals surface area (Å²) in [6, 6.07) is 0.112. The number of rotatable bonds is 4. The minimum atomic E-state index is -0.742. The molecule has 3 N–H and O–H groups in total. The number of nitrogens with two attached hydrogens (primary N) is 1. The highest BCUT2D eigenvalue weighted by molar-refractivity contribution is 5.66. The average Bonchev–Trinajstić information content (AvgIpc) is 2.61. The molecule has 1 aliphatic carbocycles. The van der Waals surface area contributed by atoms with Crippen molar-refractivity contribution in [1.82, 2.24) is 0 Å². The van der Waals surface area contributed by atoms with Crippen LogP contribution in [0.15, 0.2) is 0 Å². The van der Waals surface area contributed by atoms with Crippen molar-refractivity contribution in [2.45, 2.75) is 32.2 Å². The van der Waals surface area contributed by atoms with E-state index in [0.29, 0.717) is 12.3 Å². The topological polar surface area (TPSA) is 63.3 Å². The van der Waals surface area contributed by atoms with Crippen molar-refractivity contribution in [3.05, 3.63) is 0 Å². The zero-order valence-electron chi connectivity index (χ0n) is 6.79. The fourth-order valence-corrected chi connectivity index (χ4v) is 1.45. The summed E-state index contributed by atoms with van der Waals surface area (Å²) in [5, 5.41) is 8.37. The highest BCUT2D eigenvalue weighted by Gasteiger charge is 2.37. The van der Waals surface area contributed by atoms with Crippen molar-refractivity contribution in [3.8, 4) is 0 Å². The molecule has 1 aliphatic rings. The van der Waals surface area contributed by atoms with Crippen molar-refractivity contribution in [2.75, 3.05) is 0 Å². The van der Waals surface area contributed by atoms with Crippen LogP contribution in [-0.2, 0) is 4.79 Å². The smallest absolute Gasteiger partial charge is 0.303 e. The average molecular weight is 157 g/mol. The first-order chi connectivity index (χ1) is 5.11. The molecule has 11 heavy (non-hydrogen) atoms. The Hall–Kier alpha value is -0.570. The quantitative estimate of drug-likeness (QED) is 0.635. The van der Waals surface area contributed by atoms with E-state index in [-0.39, 0.29) is 12.5 Å². The van der Waals surface area contributed by atoms with Crippen molar-refractivity contribution < 1.29 is 9.90 Å². The molecule has 0 heterocycles. The second kappa shape index (κ2) is 3.22. The van der Waals surface area contributed by atoms with Gasteiger partial charge in [-0.1, -0.05) is 6.92 Å². The van der Waals surface area contributed by atoms with Crippen molar-refractivity contribution in [1.29, 1.82) is 0 Å². The summed E-state index contributed by atoms with van der Waals surface area (Å²) in [5.74, 6) is 0.571. The number of carboxylic acid groups (broad SMARTS) is 1. The molecule has 0 aliphatic heterocycles. The number of hydrogen-bond donors (Lipinski definition) is 2. The Kier molecular flexibility index (Phi) is 2.49. The van der Waals surface area contributed by atoms with Crippen LogP contribution in [0.5, 0.6) is 0 Å². The third-order valence-corrected chi connectivity index (χ3v) is 2.41. The molecule has 64 valence electrons. The van der Waals surface area contributed by atoms with Crippen molar-refractivity contribution >= 4 is 5.97 Å². The highest BCUT2D eigenvalue weighted by atomic mass is 16.4. The maximum absolute atomic E-state index is 10.2. The minimum absolute atomic E-state index is 0.112. The van der Waals surface area contributed by atoms with Crippen molar-refractivity contribution in [2.24, 2.45) is 17.6 Å². The molecule has 1 rings (SSSR count). The van der Waals surface area contributed by atoms with Gasteiger partial charge in [0, 0.05) is 12.5 Å². The Bertz CT molecular complexity index is 158. The molecular weight excluding hydrogens is 142 g/mol. The molecule has 0 aromatic heterocycles. The lowest BCUT2D eigenvalue weighted by atomic mass is 10.1. The van der Waals surface area contributed by atoms with Gasteiger partial charge in [0.15, 0.2) is 0 Å². The molecule has 0 saturated heterocycles. The van der Waals surface area contributed by atoms with Gasteiger partial charge in [-0.3, -0.25) is 4.79 Å². The normalized spacial score (nSPS) is 31.5. The second-order valence-corrected chi connectivity index (χ2v) is 3.47. The van der Waals surface area contributed by atoms with E-state index >= 15 is 0 Å². The van der Waals surface area contributed by atoms with Gasteiger partial charge >= 0.3 is 5.97 Å². The molecule has 3 heteroatoms. The largest absolute Gasteiger partial charge is 0.481 e. The van der Waals surface area contributed by atoms with E-state index in [9.17, 15) is 4.79 Å². The Morgan fingerprint density at radius 2 is 2.36 bits per heavy atom. The summed E-state index contributed by atoms with van der Waals surface area (Å²) in [6.45, 7) is 2.16. The molecule has 3 nitrogen and oxygen atoms in total. The molecule has 0 spiro atoms. The van der Waals surface area contributed by atoms with E-state index in [4.69, 9.17) is 10.8 Å². The maximum Gasteiger partial charge on any atom is 0.303 e. The van der Waals surface area contributed by atoms with Gasteiger partial charge in [0.1, 0.15) is 0 Å². The number of carbonyl (C=O) groups is 1. The fourth-order valence-electron chi connectivity index (χ4n) is 1.45. The molecule has 0 amide bonds. The first-order valence-corrected chi connectivity index (χ1v) is 4.08. The molecular formula is C8H15NO2. The number of hydrogen-bond acceptors (Lipinski definition) is 2. The third-order valence-electron chi connectivity index (χ3n) is 2.41. The summed E-state index contributed by atoms with van der Waals surface area (Å²) in [7, 11) is 0. The lowest BCUT2D eigenvalue weighted by Gasteiger charge is -2.07. The van der Waals surface area contributed by atoms with Gasteiger partial charge in [-0.05, 0) is 24.7 Å². The van der Waals surface area contributed by atoms with Crippen molar-refractivity contribution in [3.63, 3.8) is 0 Å². The number of carboxylic acids is 1. The van der Waals surface area contributed by atoms with Crippen LogP contribution >= 0.6 is 0 Å². The molecule has 3 unspecified atom stereocenters. The summed E-state index contributed by atoms with van der Waals surface area (Å²) in [6.07, 6.45) is 2.02. The zero-order chi connectivity index (χ0) is 8.43. The van der Waals surface area contributed by atoms with Crippen LogP contribution in [0.1, 0.15) is 26.2 Å². The Labute approximate surface area is 66.6 Å². The van der Waals surface area contributed by atoms with E-state index in [1.807, 2.05) is 0 Å². The summed E-state index contributed by atoms with van der Waals surface area (Å²) >= 11 is 0. The van der Waals surface area contributed by atoms with Gasteiger partial charge in [0.2, 0.25) is 0 Å². The summed E-state index contributed by atoms with van der Waals surface area (Å²) in [4.78, 5) is 10.2. The number of aliphatic carboxylic acids is 1. The Morgan fingerprint density at radius 3 is 2.73 bits per heavy atom. The summed E-state index contributed by atoms with van der Waals surface area (Å²) in [5.41, 5.74) is 5.75. The van der Waals surface area contributed by atoms with Crippen LogP contribution in [0.25, 0.3) is 0 Å². The first kappa shape index (κ1) is 8.53. The molecule has 0 aromatic rings. The van der Waals surface area contributed by atoms with Gasteiger partial charge in [0.05, 0.1) is 0 Å². The molecule has 1 saturated carbocycles. The van der Waals surface area contributed by atoms with Gasteiger partial charge < -0.3 is 10.8 Å². The van der Waals surface area contributed by atoms with Crippen LogP contribution < -0.4 is 5.73 Å². The molecule has 0 aromatic carbocycles. The standard InChI is InChI=1S/C8H15NO2/c1-5-4-6(5)7(9)2-3-8(10)11/h5-7H,2-4,9H2,1H3,(H,10,11). The maximum atomic E-state index is 10.2. The monoisotopic (exact) mass is 157 g/mol. The molecule has 0 bridgehead atoms. The van der Waals surface area contributed by atoms with Gasteiger partial charge in [-0.15, -0.1) is 0 Å². The summed E-state index contributed by atoms with van der Waals surface area (Å²) < 4.78 is 0. The van der Waals surface area contributed by atoms with E-state index in [1.165, 1.54) is 6.42 Å². The van der Waals surface area contributed by atoms with Gasteiger partial charge in [-0.25, -0.2) is 0 Å². The Morgan fingerprint density at radius 1 is 1.82 bits per heavy atom. The molecule has 1 fully saturated rings. The van der Waals surface area contributed by atoms with Crippen LogP contribution in [0.2, 0.25) is 0 Å². The lowest BCUT2D eigenvalue weighted by molar-refractivity contribution is -0.137. The SMILES string of the molecule is CC1CC1C(N)CCC(=O)O. The predicted molar refractivity (Wildman–Crippen MR) is 42.1 cm³/mol. The van der Waals surface area contributed by atoms with Crippen LogP contribution in [0, 0.1) is 11.8 Å².